The highest BCUT2D eigenvalue weighted by Crippen LogP contribution is 2.27. The summed E-state index contributed by atoms with van der Waals surface area (Å²) in [6, 6.07) is 18.2. The maximum absolute atomic E-state index is 10.6. The number of rotatable bonds is 3. The van der Waals surface area contributed by atoms with Gasteiger partial charge >= 0.3 is 0 Å². The minimum absolute atomic E-state index is 0.656. The minimum Gasteiger partial charge on any atom is -0.411 e. The average Bonchev–Trinajstić information content (AvgIpc) is 2.41. The number of hydrogen-bond donors (Lipinski definition) is 2. The fourth-order valence-corrected chi connectivity index (χ4v) is 1.78. The zero-order valence-electron chi connectivity index (χ0n) is 9.19. The largest absolute Gasteiger partial charge is 0.411 e. The highest BCUT2D eigenvalue weighted by atomic mass is 16.4. The molecule has 0 aromatic heterocycles. The molecule has 0 fully saturated rings. The highest BCUT2D eigenvalue weighted by molar-refractivity contribution is 5.76. The summed E-state index contributed by atoms with van der Waals surface area (Å²) in [5.41, 5.74) is -0.0925. The standard InChI is InChI=1S/C14H13NO2/c16-14(11-15-17,12-7-3-1-4-8-12)13-9-5-2-6-10-13/h1-11,16-17H. The van der Waals surface area contributed by atoms with E-state index in [9.17, 15) is 5.11 Å². The Morgan fingerprint density at radius 2 is 1.24 bits per heavy atom. The van der Waals surface area contributed by atoms with Crippen molar-refractivity contribution in [2.45, 2.75) is 5.60 Å². The Kier molecular flexibility index (Phi) is 3.21. The molecule has 0 heterocycles. The Hall–Kier alpha value is -2.13. The molecule has 2 aromatic rings. The topological polar surface area (TPSA) is 52.8 Å². The first-order valence-corrected chi connectivity index (χ1v) is 5.29. The van der Waals surface area contributed by atoms with Crippen molar-refractivity contribution < 1.29 is 10.3 Å². The first kappa shape index (κ1) is 11.4. The first-order valence-electron chi connectivity index (χ1n) is 5.29. The van der Waals surface area contributed by atoms with E-state index in [2.05, 4.69) is 5.16 Å². The van der Waals surface area contributed by atoms with Crippen LogP contribution in [0.4, 0.5) is 0 Å². The average molecular weight is 227 g/mol. The molecular formula is C14H13NO2. The van der Waals surface area contributed by atoms with Crippen molar-refractivity contribution in [3.8, 4) is 0 Å². The Balaban J connectivity index is 2.55. The molecule has 17 heavy (non-hydrogen) atoms. The molecule has 0 bridgehead atoms. The van der Waals surface area contributed by atoms with Gasteiger partial charge < -0.3 is 10.3 Å². The van der Waals surface area contributed by atoms with Gasteiger partial charge in [-0.15, -0.1) is 0 Å². The van der Waals surface area contributed by atoms with Gasteiger partial charge in [0.15, 0.2) is 5.60 Å². The van der Waals surface area contributed by atoms with Crippen molar-refractivity contribution in [3.63, 3.8) is 0 Å². The fraction of sp³-hybridized carbons (Fsp3) is 0.0714. The molecule has 2 aromatic carbocycles. The van der Waals surface area contributed by atoms with E-state index in [1.54, 1.807) is 24.3 Å². The lowest BCUT2D eigenvalue weighted by atomic mass is 9.87. The van der Waals surface area contributed by atoms with Crippen molar-refractivity contribution in [1.82, 2.24) is 0 Å². The Morgan fingerprint density at radius 1 is 0.824 bits per heavy atom. The number of nitrogens with zero attached hydrogens (tertiary/aromatic N) is 1. The molecule has 0 saturated heterocycles. The second-order valence-electron chi connectivity index (χ2n) is 3.74. The lowest BCUT2D eigenvalue weighted by Crippen LogP contribution is -2.29. The molecule has 3 heteroatoms. The van der Waals surface area contributed by atoms with E-state index in [4.69, 9.17) is 5.21 Å². The maximum atomic E-state index is 10.6. The summed E-state index contributed by atoms with van der Waals surface area (Å²) in [5, 5.41) is 22.4. The molecule has 3 nitrogen and oxygen atoms in total. The summed E-state index contributed by atoms with van der Waals surface area (Å²) >= 11 is 0. The van der Waals surface area contributed by atoms with Gasteiger partial charge in [-0.3, -0.25) is 0 Å². The second-order valence-corrected chi connectivity index (χ2v) is 3.74. The van der Waals surface area contributed by atoms with Crippen LogP contribution >= 0.6 is 0 Å². The van der Waals surface area contributed by atoms with Crippen LogP contribution in [0.2, 0.25) is 0 Å². The van der Waals surface area contributed by atoms with E-state index < -0.39 is 5.60 Å². The third-order valence-electron chi connectivity index (χ3n) is 2.67. The van der Waals surface area contributed by atoms with Crippen molar-refractivity contribution in [2.75, 3.05) is 0 Å². The molecule has 0 aliphatic carbocycles. The summed E-state index contributed by atoms with van der Waals surface area (Å²) in [5.74, 6) is 0. The van der Waals surface area contributed by atoms with Crippen LogP contribution < -0.4 is 0 Å². The van der Waals surface area contributed by atoms with Crippen molar-refractivity contribution in [3.05, 3.63) is 71.8 Å². The third kappa shape index (κ3) is 2.19. The SMILES string of the molecule is ON=CC(O)(c1ccccc1)c1ccccc1. The number of aliphatic hydroxyl groups is 1. The molecule has 0 aliphatic heterocycles. The van der Waals surface area contributed by atoms with Crippen LogP contribution in [0.3, 0.4) is 0 Å². The van der Waals surface area contributed by atoms with Crippen LogP contribution in [0.15, 0.2) is 65.8 Å². The van der Waals surface area contributed by atoms with Crippen LogP contribution in [0.25, 0.3) is 0 Å². The van der Waals surface area contributed by atoms with Crippen LogP contribution in [0.5, 0.6) is 0 Å². The fourth-order valence-electron chi connectivity index (χ4n) is 1.78. The number of hydrogen-bond acceptors (Lipinski definition) is 3. The molecule has 86 valence electrons. The van der Waals surface area contributed by atoms with Crippen molar-refractivity contribution in [1.29, 1.82) is 0 Å². The van der Waals surface area contributed by atoms with E-state index in [1.165, 1.54) is 0 Å². The van der Waals surface area contributed by atoms with Crippen LogP contribution in [-0.4, -0.2) is 16.5 Å². The smallest absolute Gasteiger partial charge is 0.153 e. The third-order valence-corrected chi connectivity index (χ3v) is 2.67. The van der Waals surface area contributed by atoms with Gasteiger partial charge in [0.1, 0.15) is 0 Å². The summed E-state index contributed by atoms with van der Waals surface area (Å²) in [7, 11) is 0. The quantitative estimate of drug-likeness (QED) is 0.480. The molecule has 0 radical (unpaired) electrons. The normalized spacial score (nSPS) is 11.8. The zero-order valence-corrected chi connectivity index (χ0v) is 9.19. The van der Waals surface area contributed by atoms with Crippen molar-refractivity contribution >= 4 is 6.21 Å². The Bertz CT molecular complexity index is 455. The first-order chi connectivity index (χ1) is 8.27. The van der Waals surface area contributed by atoms with Crippen LogP contribution in [0.1, 0.15) is 11.1 Å². The van der Waals surface area contributed by atoms with E-state index in [1.807, 2.05) is 36.4 Å². The van der Waals surface area contributed by atoms with E-state index in [-0.39, 0.29) is 0 Å². The molecule has 0 spiro atoms. The Morgan fingerprint density at radius 3 is 1.59 bits per heavy atom. The van der Waals surface area contributed by atoms with Gasteiger partial charge in [0.2, 0.25) is 0 Å². The van der Waals surface area contributed by atoms with Crippen LogP contribution in [0, 0.1) is 0 Å². The lowest BCUT2D eigenvalue weighted by Gasteiger charge is -2.24. The molecule has 0 saturated carbocycles. The van der Waals surface area contributed by atoms with Gasteiger partial charge in [-0.2, -0.15) is 0 Å². The monoisotopic (exact) mass is 227 g/mol. The number of oxime groups is 1. The molecule has 2 N–H and O–H groups in total. The molecule has 0 atom stereocenters. The molecule has 0 aliphatic rings. The predicted octanol–water partition coefficient (Wildman–Crippen LogP) is 2.38. The second kappa shape index (κ2) is 4.80. The summed E-state index contributed by atoms with van der Waals surface area (Å²) in [6.45, 7) is 0. The molecule has 0 unspecified atom stereocenters. The van der Waals surface area contributed by atoms with E-state index >= 15 is 0 Å². The van der Waals surface area contributed by atoms with E-state index in [0.717, 1.165) is 6.21 Å². The summed E-state index contributed by atoms with van der Waals surface area (Å²) in [6.07, 6.45) is 1.12. The lowest BCUT2D eigenvalue weighted by molar-refractivity contribution is 0.156. The van der Waals surface area contributed by atoms with Gasteiger partial charge in [0.05, 0.1) is 6.21 Å². The Labute approximate surface area is 99.7 Å². The van der Waals surface area contributed by atoms with E-state index in [0.29, 0.717) is 11.1 Å². The number of benzene rings is 2. The van der Waals surface area contributed by atoms with Gasteiger partial charge in [-0.05, 0) is 11.1 Å². The predicted molar refractivity (Wildman–Crippen MR) is 66.2 cm³/mol. The van der Waals surface area contributed by atoms with Gasteiger partial charge in [-0.25, -0.2) is 0 Å². The van der Waals surface area contributed by atoms with Gasteiger partial charge in [-0.1, -0.05) is 65.8 Å². The summed E-state index contributed by atoms with van der Waals surface area (Å²) < 4.78 is 0. The highest BCUT2D eigenvalue weighted by Gasteiger charge is 2.29. The van der Waals surface area contributed by atoms with Gasteiger partial charge in [0.25, 0.3) is 0 Å². The molecule has 2 rings (SSSR count). The summed E-state index contributed by atoms with van der Waals surface area (Å²) in [4.78, 5) is 0. The van der Waals surface area contributed by atoms with Crippen LogP contribution in [-0.2, 0) is 5.60 Å². The minimum atomic E-state index is -1.41. The molecule has 0 amide bonds. The van der Waals surface area contributed by atoms with Gasteiger partial charge in [0, 0.05) is 0 Å². The maximum Gasteiger partial charge on any atom is 0.153 e. The van der Waals surface area contributed by atoms with Crippen molar-refractivity contribution in [2.24, 2.45) is 5.16 Å². The molecular weight excluding hydrogens is 214 g/mol. The zero-order chi connectivity index (χ0) is 12.1.